The molecule has 0 aromatic carbocycles. The maximum absolute atomic E-state index is 11.4. The van der Waals surface area contributed by atoms with Crippen LogP contribution in [0.4, 0.5) is 0 Å². The number of allylic oxidation sites excluding steroid dienone is 2. The second kappa shape index (κ2) is 3.05. The van der Waals surface area contributed by atoms with Crippen LogP contribution in [0, 0.1) is 23.7 Å². The van der Waals surface area contributed by atoms with Crippen LogP contribution in [-0.2, 0) is 14.3 Å². The highest BCUT2D eigenvalue weighted by Gasteiger charge is 2.63. The van der Waals surface area contributed by atoms with Gasteiger partial charge in [-0.1, -0.05) is 24.3 Å². The Kier molecular flexibility index (Phi) is 2.07. The normalized spacial score (nSPS) is 38.0. The summed E-state index contributed by atoms with van der Waals surface area (Å²) in [5.74, 6) is -1.34. The molecule has 3 heteroatoms. The summed E-state index contributed by atoms with van der Waals surface area (Å²) >= 11 is 0. The summed E-state index contributed by atoms with van der Waals surface area (Å²) in [7, 11) is 0. The third-order valence-corrected chi connectivity index (χ3v) is 3.43. The topological polar surface area (TPSA) is 43.4 Å². The van der Waals surface area contributed by atoms with Gasteiger partial charge in [0.2, 0.25) is 0 Å². The first-order chi connectivity index (χ1) is 6.95. The third-order valence-electron chi connectivity index (χ3n) is 3.43. The fourth-order valence-corrected chi connectivity index (χ4v) is 2.80. The van der Waals surface area contributed by atoms with Crippen molar-refractivity contribution in [2.75, 3.05) is 0 Å². The average Bonchev–Trinajstić information content (AvgIpc) is 2.19. The van der Waals surface area contributed by atoms with Gasteiger partial charge in [0.25, 0.3) is 0 Å². The van der Waals surface area contributed by atoms with Gasteiger partial charge in [-0.05, 0) is 13.8 Å². The zero-order valence-corrected chi connectivity index (χ0v) is 8.95. The van der Waals surface area contributed by atoms with E-state index >= 15 is 0 Å². The van der Waals surface area contributed by atoms with E-state index in [-0.39, 0.29) is 23.7 Å². The highest BCUT2D eigenvalue weighted by molar-refractivity contribution is 5.99. The first kappa shape index (κ1) is 10.1. The van der Waals surface area contributed by atoms with Crippen molar-refractivity contribution in [3.05, 3.63) is 24.3 Å². The number of cyclic esters (lactones) is 2. The van der Waals surface area contributed by atoms with Crippen LogP contribution in [0.1, 0.15) is 13.8 Å². The molecule has 0 radical (unpaired) electrons. The Morgan fingerprint density at radius 1 is 1.00 bits per heavy atom. The molecule has 4 atom stereocenters. The smallest absolute Gasteiger partial charge is 0.318 e. The van der Waals surface area contributed by atoms with Gasteiger partial charge in [0.05, 0.1) is 11.8 Å². The Morgan fingerprint density at radius 3 is 1.60 bits per heavy atom. The van der Waals surface area contributed by atoms with Crippen LogP contribution in [0.3, 0.4) is 0 Å². The lowest BCUT2D eigenvalue weighted by Crippen LogP contribution is -2.49. The highest BCUT2D eigenvalue weighted by Crippen LogP contribution is 2.56. The van der Waals surface area contributed by atoms with Crippen molar-refractivity contribution in [2.45, 2.75) is 13.8 Å². The van der Waals surface area contributed by atoms with Gasteiger partial charge in [-0.25, -0.2) is 0 Å². The summed E-state index contributed by atoms with van der Waals surface area (Å²) in [6.07, 6.45) is 0. The predicted molar refractivity (Wildman–Crippen MR) is 54.7 cm³/mol. The van der Waals surface area contributed by atoms with Crippen LogP contribution < -0.4 is 0 Å². The van der Waals surface area contributed by atoms with Gasteiger partial charge in [0, 0.05) is 11.8 Å². The minimum Gasteiger partial charge on any atom is -0.393 e. The summed E-state index contributed by atoms with van der Waals surface area (Å²) in [5, 5.41) is 0. The summed E-state index contributed by atoms with van der Waals surface area (Å²) in [5.41, 5.74) is 1.85. The van der Waals surface area contributed by atoms with E-state index in [0.717, 1.165) is 11.1 Å². The number of hydrogen-bond donors (Lipinski definition) is 0. The van der Waals surface area contributed by atoms with Gasteiger partial charge >= 0.3 is 11.9 Å². The number of carbonyl (C=O) groups is 2. The van der Waals surface area contributed by atoms with E-state index in [1.807, 2.05) is 13.8 Å². The molecule has 1 aliphatic carbocycles. The van der Waals surface area contributed by atoms with Crippen LogP contribution >= 0.6 is 0 Å². The Bertz CT molecular complexity index is 344. The van der Waals surface area contributed by atoms with Gasteiger partial charge in [0.15, 0.2) is 0 Å². The molecule has 4 unspecified atom stereocenters. The van der Waals surface area contributed by atoms with E-state index in [1.54, 1.807) is 0 Å². The molecule has 1 saturated carbocycles. The highest BCUT2D eigenvalue weighted by atomic mass is 16.6. The molecule has 0 N–H and O–H groups in total. The first-order valence-corrected chi connectivity index (χ1v) is 5.01. The molecular formula is C12H14O3. The molecule has 15 heavy (non-hydrogen) atoms. The van der Waals surface area contributed by atoms with Crippen LogP contribution in [0.15, 0.2) is 24.3 Å². The lowest BCUT2D eigenvalue weighted by atomic mass is 9.54. The van der Waals surface area contributed by atoms with E-state index in [0.29, 0.717) is 0 Å². The van der Waals surface area contributed by atoms with Crippen molar-refractivity contribution in [3.8, 4) is 0 Å². The molecule has 3 nitrogen and oxygen atoms in total. The standard InChI is InChI=1S/C12H14O3/c1-5(2)7-8(6(3)4)10-9(7)11(13)15-12(10)14/h7-10H,1,3H2,2,4H3. The maximum atomic E-state index is 11.4. The Morgan fingerprint density at radius 2 is 1.33 bits per heavy atom. The van der Waals surface area contributed by atoms with E-state index in [4.69, 9.17) is 0 Å². The summed E-state index contributed by atoms with van der Waals surface area (Å²) in [4.78, 5) is 22.8. The molecule has 2 aliphatic rings. The second-order valence-electron chi connectivity index (χ2n) is 4.54. The fraction of sp³-hybridized carbons (Fsp3) is 0.500. The van der Waals surface area contributed by atoms with E-state index in [2.05, 4.69) is 17.9 Å². The van der Waals surface area contributed by atoms with Gasteiger partial charge in [-0.15, -0.1) is 0 Å². The van der Waals surface area contributed by atoms with Gasteiger partial charge < -0.3 is 4.74 Å². The molecule has 1 aliphatic heterocycles. The van der Waals surface area contributed by atoms with Crippen LogP contribution in [0.5, 0.6) is 0 Å². The number of fused-ring (bicyclic) bond motifs is 1. The van der Waals surface area contributed by atoms with Gasteiger partial charge in [-0.2, -0.15) is 0 Å². The van der Waals surface area contributed by atoms with Crippen molar-refractivity contribution in [1.82, 2.24) is 0 Å². The number of ether oxygens (including phenoxy) is 1. The van der Waals surface area contributed by atoms with E-state index in [1.165, 1.54) is 0 Å². The second-order valence-corrected chi connectivity index (χ2v) is 4.54. The lowest BCUT2D eigenvalue weighted by molar-refractivity contribution is -0.153. The zero-order valence-electron chi connectivity index (χ0n) is 8.95. The van der Waals surface area contributed by atoms with Gasteiger partial charge in [0.1, 0.15) is 0 Å². The van der Waals surface area contributed by atoms with Crippen molar-refractivity contribution in [1.29, 1.82) is 0 Å². The first-order valence-electron chi connectivity index (χ1n) is 5.01. The summed E-state index contributed by atoms with van der Waals surface area (Å²) < 4.78 is 4.65. The average molecular weight is 206 g/mol. The zero-order chi connectivity index (χ0) is 11.3. The Balaban J connectivity index is 2.34. The largest absolute Gasteiger partial charge is 0.393 e. The van der Waals surface area contributed by atoms with Gasteiger partial charge in [-0.3, -0.25) is 9.59 Å². The summed E-state index contributed by atoms with van der Waals surface area (Å²) in [6, 6.07) is 0. The summed E-state index contributed by atoms with van der Waals surface area (Å²) in [6.45, 7) is 11.5. The lowest BCUT2D eigenvalue weighted by Gasteiger charge is -2.45. The molecule has 0 amide bonds. The van der Waals surface area contributed by atoms with Crippen LogP contribution in [0.25, 0.3) is 0 Å². The minimum atomic E-state index is -0.393. The minimum absolute atomic E-state index is 0.0337. The van der Waals surface area contributed by atoms with E-state index < -0.39 is 11.9 Å². The molecular weight excluding hydrogens is 192 g/mol. The number of hydrogen-bond acceptors (Lipinski definition) is 3. The van der Waals surface area contributed by atoms with Crippen molar-refractivity contribution < 1.29 is 14.3 Å². The van der Waals surface area contributed by atoms with Crippen molar-refractivity contribution in [3.63, 3.8) is 0 Å². The van der Waals surface area contributed by atoms with E-state index in [9.17, 15) is 9.59 Å². The number of rotatable bonds is 2. The molecule has 1 saturated heterocycles. The van der Waals surface area contributed by atoms with Crippen molar-refractivity contribution >= 4 is 11.9 Å². The van der Waals surface area contributed by atoms with Crippen molar-refractivity contribution in [2.24, 2.45) is 23.7 Å². The molecule has 0 aromatic rings. The number of esters is 2. The maximum Gasteiger partial charge on any atom is 0.318 e. The van der Waals surface area contributed by atoms with Crippen LogP contribution in [0.2, 0.25) is 0 Å². The molecule has 80 valence electrons. The molecule has 2 rings (SSSR count). The molecule has 1 heterocycles. The molecule has 0 spiro atoms. The molecule has 0 aromatic heterocycles. The fourth-order valence-electron chi connectivity index (χ4n) is 2.80. The quantitative estimate of drug-likeness (QED) is 0.392. The number of carbonyl (C=O) groups excluding carboxylic acids is 2. The molecule has 0 bridgehead atoms. The SMILES string of the molecule is C=C(C)C1C(C(=C)C)C2C(=O)OC(=O)C12. The predicted octanol–water partition coefficient (Wildman–Crippen LogP) is 1.70. The third kappa shape index (κ3) is 1.19. The van der Waals surface area contributed by atoms with Crippen LogP contribution in [-0.4, -0.2) is 11.9 Å². The Hall–Kier alpha value is -1.38. The monoisotopic (exact) mass is 206 g/mol. The Labute approximate surface area is 88.8 Å². The molecule has 2 fully saturated rings.